The van der Waals surface area contributed by atoms with E-state index in [2.05, 4.69) is 4.99 Å². The number of hydrogen-bond acceptors (Lipinski definition) is 2. The maximum atomic E-state index is 9.73. The second-order valence-electron chi connectivity index (χ2n) is 4.65. The Bertz CT molecular complexity index is 624. The van der Waals surface area contributed by atoms with Gasteiger partial charge in [0.15, 0.2) is 0 Å². The molecule has 0 aliphatic heterocycles. The van der Waals surface area contributed by atoms with Crippen LogP contribution in [-0.2, 0) is 0 Å². The van der Waals surface area contributed by atoms with Gasteiger partial charge in [-0.25, -0.2) is 0 Å². The SMILES string of the molecule is Cc1cc(C=Nc2cccc(Cl)c2C)cc(C)c1O. The predicted molar refractivity (Wildman–Crippen MR) is 81.0 cm³/mol. The number of phenolic OH excluding ortho intramolecular Hbond substituents is 1. The Balaban J connectivity index is 2.35. The average molecular weight is 274 g/mol. The van der Waals surface area contributed by atoms with Gasteiger partial charge in [-0.15, -0.1) is 0 Å². The molecule has 0 radical (unpaired) electrons. The van der Waals surface area contributed by atoms with E-state index >= 15 is 0 Å². The standard InChI is InChI=1S/C16H16ClNO/c1-10-7-13(8-11(2)16(10)19)9-18-15-6-4-5-14(17)12(15)3/h4-9,19H,1-3H3. The zero-order chi connectivity index (χ0) is 14.0. The molecule has 0 unspecified atom stereocenters. The second-order valence-corrected chi connectivity index (χ2v) is 5.05. The molecule has 2 rings (SSSR count). The topological polar surface area (TPSA) is 32.6 Å². The minimum atomic E-state index is 0.344. The molecule has 0 spiro atoms. The minimum Gasteiger partial charge on any atom is -0.507 e. The molecule has 0 saturated heterocycles. The highest BCUT2D eigenvalue weighted by Crippen LogP contribution is 2.26. The Labute approximate surface area is 118 Å². The number of aryl methyl sites for hydroxylation is 2. The van der Waals surface area contributed by atoms with Crippen molar-refractivity contribution < 1.29 is 5.11 Å². The molecule has 19 heavy (non-hydrogen) atoms. The molecule has 2 nitrogen and oxygen atoms in total. The smallest absolute Gasteiger partial charge is 0.121 e. The van der Waals surface area contributed by atoms with Gasteiger partial charge in [-0.1, -0.05) is 17.7 Å². The third kappa shape index (κ3) is 2.96. The molecule has 0 aliphatic rings. The summed E-state index contributed by atoms with van der Waals surface area (Å²) in [6, 6.07) is 9.48. The molecule has 0 atom stereocenters. The van der Waals surface area contributed by atoms with Gasteiger partial charge in [-0.3, -0.25) is 4.99 Å². The Kier molecular flexibility index (Phi) is 3.91. The van der Waals surface area contributed by atoms with E-state index < -0.39 is 0 Å². The van der Waals surface area contributed by atoms with Crippen LogP contribution in [0.3, 0.4) is 0 Å². The minimum absolute atomic E-state index is 0.344. The van der Waals surface area contributed by atoms with Gasteiger partial charge < -0.3 is 5.11 Å². The molecular weight excluding hydrogens is 258 g/mol. The molecule has 0 fully saturated rings. The van der Waals surface area contributed by atoms with E-state index in [1.165, 1.54) is 0 Å². The number of benzene rings is 2. The van der Waals surface area contributed by atoms with Gasteiger partial charge in [0.2, 0.25) is 0 Å². The average Bonchev–Trinajstić information content (AvgIpc) is 2.37. The summed E-state index contributed by atoms with van der Waals surface area (Å²) in [5.41, 5.74) is 4.49. The first-order chi connectivity index (χ1) is 8.99. The lowest BCUT2D eigenvalue weighted by Crippen LogP contribution is -1.87. The summed E-state index contributed by atoms with van der Waals surface area (Å²) in [4.78, 5) is 4.46. The predicted octanol–water partition coefficient (Wildman–Crippen LogP) is 4.72. The van der Waals surface area contributed by atoms with E-state index in [0.29, 0.717) is 10.8 Å². The molecule has 3 heteroatoms. The summed E-state index contributed by atoms with van der Waals surface area (Å²) in [5, 5.41) is 10.5. The normalized spacial score (nSPS) is 11.2. The second kappa shape index (κ2) is 5.45. The molecular formula is C16H16ClNO. The highest BCUT2D eigenvalue weighted by atomic mass is 35.5. The zero-order valence-electron chi connectivity index (χ0n) is 11.2. The summed E-state index contributed by atoms with van der Waals surface area (Å²) in [5.74, 6) is 0.344. The van der Waals surface area contributed by atoms with Crippen molar-refractivity contribution in [2.75, 3.05) is 0 Å². The molecule has 0 aliphatic carbocycles. The van der Waals surface area contributed by atoms with Crippen molar-refractivity contribution in [3.05, 3.63) is 57.6 Å². The van der Waals surface area contributed by atoms with Crippen LogP contribution in [-0.4, -0.2) is 11.3 Å². The van der Waals surface area contributed by atoms with Gasteiger partial charge in [0.1, 0.15) is 5.75 Å². The molecule has 2 aromatic rings. The van der Waals surface area contributed by atoms with E-state index in [1.54, 1.807) is 6.21 Å². The molecule has 2 aromatic carbocycles. The maximum Gasteiger partial charge on any atom is 0.121 e. The highest BCUT2D eigenvalue weighted by Gasteiger charge is 2.03. The Hall–Kier alpha value is -1.80. The zero-order valence-corrected chi connectivity index (χ0v) is 12.0. The van der Waals surface area contributed by atoms with Gasteiger partial charge in [0.25, 0.3) is 0 Å². The number of nitrogens with zero attached hydrogens (tertiary/aromatic N) is 1. The van der Waals surface area contributed by atoms with Crippen molar-refractivity contribution in [1.29, 1.82) is 0 Å². The van der Waals surface area contributed by atoms with Gasteiger partial charge in [0, 0.05) is 11.2 Å². The Morgan fingerprint density at radius 1 is 1.11 bits per heavy atom. The lowest BCUT2D eigenvalue weighted by molar-refractivity contribution is 0.467. The molecule has 0 saturated carbocycles. The lowest BCUT2D eigenvalue weighted by Gasteiger charge is -2.05. The summed E-state index contributed by atoms with van der Waals surface area (Å²) in [7, 11) is 0. The summed E-state index contributed by atoms with van der Waals surface area (Å²) < 4.78 is 0. The molecule has 0 aromatic heterocycles. The third-order valence-corrected chi connectivity index (χ3v) is 3.51. The lowest BCUT2D eigenvalue weighted by atomic mass is 10.1. The first kappa shape index (κ1) is 13.6. The fourth-order valence-electron chi connectivity index (χ4n) is 1.94. The van der Waals surface area contributed by atoms with Crippen LogP contribution < -0.4 is 0 Å². The number of phenols is 1. The van der Waals surface area contributed by atoms with Crippen LogP contribution in [0.25, 0.3) is 0 Å². The van der Waals surface area contributed by atoms with E-state index in [1.807, 2.05) is 51.1 Å². The number of hydrogen-bond donors (Lipinski definition) is 1. The van der Waals surface area contributed by atoms with Crippen LogP contribution in [0.4, 0.5) is 5.69 Å². The summed E-state index contributed by atoms with van der Waals surface area (Å²) >= 11 is 6.06. The van der Waals surface area contributed by atoms with Crippen molar-refractivity contribution in [2.24, 2.45) is 4.99 Å². The first-order valence-electron chi connectivity index (χ1n) is 6.08. The van der Waals surface area contributed by atoms with Crippen molar-refractivity contribution in [3.8, 4) is 5.75 Å². The number of aromatic hydroxyl groups is 1. The molecule has 0 heterocycles. The summed E-state index contributed by atoms with van der Waals surface area (Å²) in [6.45, 7) is 5.71. The summed E-state index contributed by atoms with van der Waals surface area (Å²) in [6.07, 6.45) is 1.79. The molecule has 98 valence electrons. The van der Waals surface area contributed by atoms with Crippen LogP contribution >= 0.6 is 11.6 Å². The van der Waals surface area contributed by atoms with Crippen molar-refractivity contribution in [3.63, 3.8) is 0 Å². The van der Waals surface area contributed by atoms with Crippen LogP contribution in [0.2, 0.25) is 5.02 Å². The van der Waals surface area contributed by atoms with Crippen LogP contribution in [0, 0.1) is 20.8 Å². The van der Waals surface area contributed by atoms with E-state index in [4.69, 9.17) is 11.6 Å². The van der Waals surface area contributed by atoms with Crippen molar-refractivity contribution in [2.45, 2.75) is 20.8 Å². The first-order valence-corrected chi connectivity index (χ1v) is 6.46. The van der Waals surface area contributed by atoms with Gasteiger partial charge in [-0.05, 0) is 67.3 Å². The van der Waals surface area contributed by atoms with Crippen molar-refractivity contribution >= 4 is 23.5 Å². The number of halogens is 1. The number of rotatable bonds is 2. The van der Waals surface area contributed by atoms with Crippen molar-refractivity contribution in [1.82, 2.24) is 0 Å². The van der Waals surface area contributed by atoms with E-state index in [9.17, 15) is 5.11 Å². The molecule has 1 N–H and O–H groups in total. The highest BCUT2D eigenvalue weighted by molar-refractivity contribution is 6.31. The Morgan fingerprint density at radius 2 is 1.74 bits per heavy atom. The molecule has 0 bridgehead atoms. The van der Waals surface area contributed by atoms with Gasteiger partial charge in [0.05, 0.1) is 5.69 Å². The maximum absolute atomic E-state index is 9.73. The monoisotopic (exact) mass is 273 g/mol. The fraction of sp³-hybridized carbons (Fsp3) is 0.188. The third-order valence-electron chi connectivity index (χ3n) is 3.11. The van der Waals surface area contributed by atoms with Crippen LogP contribution in [0.5, 0.6) is 5.75 Å². The largest absolute Gasteiger partial charge is 0.507 e. The molecule has 0 amide bonds. The quantitative estimate of drug-likeness (QED) is 0.789. The van der Waals surface area contributed by atoms with E-state index in [-0.39, 0.29) is 0 Å². The van der Waals surface area contributed by atoms with Gasteiger partial charge >= 0.3 is 0 Å². The van der Waals surface area contributed by atoms with Gasteiger partial charge in [-0.2, -0.15) is 0 Å². The van der Waals surface area contributed by atoms with Crippen LogP contribution in [0.15, 0.2) is 35.3 Å². The fourth-order valence-corrected chi connectivity index (χ4v) is 2.11. The number of aliphatic imine (C=N–C) groups is 1. The Morgan fingerprint density at radius 3 is 2.37 bits per heavy atom. The van der Waals surface area contributed by atoms with Crippen LogP contribution in [0.1, 0.15) is 22.3 Å². The van der Waals surface area contributed by atoms with E-state index in [0.717, 1.165) is 27.9 Å².